The number of nitro benzene ring substituents is 1. The van der Waals surface area contributed by atoms with Gasteiger partial charge in [-0.1, -0.05) is 30.3 Å². The van der Waals surface area contributed by atoms with E-state index in [-0.39, 0.29) is 11.6 Å². The van der Waals surface area contributed by atoms with Crippen LogP contribution < -0.4 is 14.7 Å². The van der Waals surface area contributed by atoms with Gasteiger partial charge in [-0.05, 0) is 48.9 Å². The highest BCUT2D eigenvalue weighted by atomic mass is 16.7. The minimum absolute atomic E-state index is 0.0599. The Morgan fingerprint density at radius 3 is 2.21 bits per heavy atom. The fraction of sp³-hybridized carbons (Fsp3) is 0.200. The van der Waals surface area contributed by atoms with Gasteiger partial charge in [0.05, 0.1) is 28.9 Å². The summed E-state index contributed by atoms with van der Waals surface area (Å²) in [6.45, 7) is 2.38. The molecule has 2 amide bonds. The average Bonchev–Trinajstić information content (AvgIpc) is 3.36. The van der Waals surface area contributed by atoms with E-state index in [9.17, 15) is 19.7 Å². The second kappa shape index (κ2) is 8.60. The molecule has 5 rings (SSSR count). The maximum Gasteiger partial charge on any atom is 0.269 e. The van der Waals surface area contributed by atoms with Gasteiger partial charge in [0, 0.05) is 12.1 Å². The van der Waals surface area contributed by atoms with Gasteiger partial charge in [-0.15, -0.1) is 0 Å². The molecule has 0 N–H and O–H groups in total. The van der Waals surface area contributed by atoms with Gasteiger partial charge in [0.15, 0.2) is 6.10 Å². The Balaban J connectivity index is 1.53. The number of imide groups is 1. The molecular formula is C25H21N3O6. The van der Waals surface area contributed by atoms with E-state index in [0.717, 1.165) is 4.90 Å². The second-order valence-electron chi connectivity index (χ2n) is 7.95. The molecule has 172 valence electrons. The third-order valence-corrected chi connectivity index (χ3v) is 5.98. The summed E-state index contributed by atoms with van der Waals surface area (Å²) in [6.07, 6.45) is -1.01. The molecule has 34 heavy (non-hydrogen) atoms. The lowest BCUT2D eigenvalue weighted by Gasteiger charge is -2.28. The Hall–Kier alpha value is -4.24. The van der Waals surface area contributed by atoms with Crippen LogP contribution in [0.2, 0.25) is 0 Å². The number of rotatable bonds is 6. The Morgan fingerprint density at radius 2 is 1.59 bits per heavy atom. The number of nitro groups is 1. The second-order valence-corrected chi connectivity index (χ2v) is 7.95. The minimum Gasteiger partial charge on any atom is -0.494 e. The number of hydrogen-bond donors (Lipinski definition) is 0. The molecule has 0 aliphatic carbocycles. The largest absolute Gasteiger partial charge is 0.494 e. The number of non-ortho nitro benzene ring substituents is 1. The summed E-state index contributed by atoms with van der Waals surface area (Å²) >= 11 is 0. The van der Waals surface area contributed by atoms with E-state index in [4.69, 9.17) is 9.57 Å². The molecule has 0 saturated carbocycles. The predicted molar refractivity (Wildman–Crippen MR) is 123 cm³/mol. The van der Waals surface area contributed by atoms with Crippen LogP contribution in [0.5, 0.6) is 5.75 Å². The number of ether oxygens (including phenoxy) is 1. The van der Waals surface area contributed by atoms with Crippen molar-refractivity contribution in [2.75, 3.05) is 16.6 Å². The zero-order chi connectivity index (χ0) is 23.8. The minimum atomic E-state index is -1.01. The number of nitrogens with zero attached hydrogens (tertiary/aromatic N) is 3. The number of carbonyl (C=O) groups excluding carboxylic acids is 2. The zero-order valence-corrected chi connectivity index (χ0v) is 18.2. The smallest absolute Gasteiger partial charge is 0.269 e. The van der Waals surface area contributed by atoms with Gasteiger partial charge < -0.3 is 4.74 Å². The topological polar surface area (TPSA) is 102 Å². The van der Waals surface area contributed by atoms with Crippen molar-refractivity contribution in [2.24, 2.45) is 5.92 Å². The van der Waals surface area contributed by atoms with Gasteiger partial charge in [-0.25, -0.2) is 9.96 Å². The molecule has 3 aromatic carbocycles. The SMILES string of the molecule is CCOc1ccc(N2C(=O)[C@H]3[C@H](ON(c4ccccc4)[C@@H]3c3ccc([N+](=O)[O-])cc3)C2=O)cc1. The van der Waals surface area contributed by atoms with Crippen molar-refractivity contribution in [2.45, 2.75) is 19.1 Å². The number of para-hydroxylation sites is 1. The summed E-state index contributed by atoms with van der Waals surface area (Å²) in [5, 5.41) is 12.7. The molecule has 2 aliphatic rings. The van der Waals surface area contributed by atoms with Crippen molar-refractivity contribution in [1.82, 2.24) is 0 Å². The van der Waals surface area contributed by atoms with E-state index in [0.29, 0.717) is 29.3 Å². The lowest BCUT2D eigenvalue weighted by atomic mass is 9.90. The molecule has 3 atom stereocenters. The number of benzene rings is 3. The number of hydroxylamine groups is 1. The van der Waals surface area contributed by atoms with Gasteiger partial charge in [0.25, 0.3) is 11.6 Å². The first-order valence-electron chi connectivity index (χ1n) is 10.9. The summed E-state index contributed by atoms with van der Waals surface area (Å²) < 4.78 is 5.45. The van der Waals surface area contributed by atoms with Crippen LogP contribution in [0, 0.1) is 16.0 Å². The highest BCUT2D eigenvalue weighted by Gasteiger charge is 2.60. The molecule has 0 bridgehead atoms. The van der Waals surface area contributed by atoms with Gasteiger partial charge in [-0.2, -0.15) is 0 Å². The molecule has 9 heteroatoms. The standard InChI is InChI=1S/C25H21N3O6/c1-2-33-20-14-12-17(13-15-20)26-24(29)21-22(16-8-10-19(11-9-16)28(31)32)27(34-23(21)25(26)30)18-6-4-3-5-7-18/h3-15,21-23H,2H2,1H3/t21-,22-,23+/m1/s1. The quantitative estimate of drug-likeness (QED) is 0.311. The number of carbonyl (C=O) groups is 2. The van der Waals surface area contributed by atoms with Crippen LogP contribution >= 0.6 is 0 Å². The van der Waals surface area contributed by atoms with Crippen LogP contribution in [0.3, 0.4) is 0 Å². The van der Waals surface area contributed by atoms with Crippen LogP contribution in [0.4, 0.5) is 17.1 Å². The lowest BCUT2D eigenvalue weighted by molar-refractivity contribution is -0.384. The maximum atomic E-state index is 13.6. The Morgan fingerprint density at radius 1 is 0.912 bits per heavy atom. The van der Waals surface area contributed by atoms with E-state index >= 15 is 0 Å². The molecule has 2 aliphatic heterocycles. The third kappa shape index (κ3) is 3.56. The number of fused-ring (bicyclic) bond motifs is 1. The van der Waals surface area contributed by atoms with Crippen LogP contribution in [-0.4, -0.2) is 29.4 Å². The summed E-state index contributed by atoms with van der Waals surface area (Å²) in [5.41, 5.74) is 1.69. The number of hydrogen-bond acceptors (Lipinski definition) is 7. The highest BCUT2D eigenvalue weighted by Crippen LogP contribution is 2.47. The van der Waals surface area contributed by atoms with Crippen LogP contribution in [0.1, 0.15) is 18.5 Å². The lowest BCUT2D eigenvalue weighted by Crippen LogP contribution is -2.37. The summed E-state index contributed by atoms with van der Waals surface area (Å²) in [5.74, 6) is -1.02. The molecule has 0 radical (unpaired) electrons. The Bertz CT molecular complexity index is 1230. The van der Waals surface area contributed by atoms with Crippen molar-refractivity contribution in [3.63, 3.8) is 0 Å². The summed E-state index contributed by atoms with van der Waals surface area (Å²) in [7, 11) is 0. The third-order valence-electron chi connectivity index (χ3n) is 5.98. The Labute approximate surface area is 195 Å². The predicted octanol–water partition coefficient (Wildman–Crippen LogP) is 4.04. The van der Waals surface area contributed by atoms with E-state index in [1.807, 2.05) is 37.3 Å². The van der Waals surface area contributed by atoms with Crippen LogP contribution in [-0.2, 0) is 14.4 Å². The fourth-order valence-corrected chi connectivity index (χ4v) is 4.46. The number of amides is 2. The van der Waals surface area contributed by atoms with Crippen molar-refractivity contribution in [1.29, 1.82) is 0 Å². The van der Waals surface area contributed by atoms with E-state index in [2.05, 4.69) is 0 Å². The molecule has 0 unspecified atom stereocenters. The van der Waals surface area contributed by atoms with Crippen LogP contribution in [0.15, 0.2) is 78.9 Å². The molecule has 2 saturated heterocycles. The first-order valence-corrected chi connectivity index (χ1v) is 10.9. The molecule has 2 heterocycles. The van der Waals surface area contributed by atoms with Gasteiger partial charge in [-0.3, -0.25) is 24.5 Å². The van der Waals surface area contributed by atoms with Gasteiger partial charge >= 0.3 is 0 Å². The number of anilines is 2. The normalized spacial score (nSPS) is 21.6. The van der Waals surface area contributed by atoms with Crippen LogP contribution in [0.25, 0.3) is 0 Å². The zero-order valence-electron chi connectivity index (χ0n) is 18.2. The van der Waals surface area contributed by atoms with Crippen molar-refractivity contribution in [3.05, 3.63) is 94.5 Å². The van der Waals surface area contributed by atoms with E-state index in [1.54, 1.807) is 41.5 Å². The van der Waals surface area contributed by atoms with Crippen molar-refractivity contribution >= 4 is 28.9 Å². The molecule has 0 spiro atoms. The van der Waals surface area contributed by atoms with E-state index < -0.39 is 28.9 Å². The summed E-state index contributed by atoms with van der Waals surface area (Å²) in [6, 6.07) is 21.2. The maximum absolute atomic E-state index is 13.6. The van der Waals surface area contributed by atoms with E-state index in [1.165, 1.54) is 12.1 Å². The van der Waals surface area contributed by atoms with Crippen molar-refractivity contribution < 1.29 is 24.1 Å². The highest BCUT2D eigenvalue weighted by molar-refractivity contribution is 6.23. The van der Waals surface area contributed by atoms with Gasteiger partial charge in [0.2, 0.25) is 5.91 Å². The summed E-state index contributed by atoms with van der Waals surface area (Å²) in [4.78, 5) is 44.8. The molecule has 0 aromatic heterocycles. The monoisotopic (exact) mass is 459 g/mol. The molecule has 3 aromatic rings. The average molecular weight is 459 g/mol. The molecule has 9 nitrogen and oxygen atoms in total. The fourth-order valence-electron chi connectivity index (χ4n) is 4.46. The molecule has 2 fully saturated rings. The first-order chi connectivity index (χ1) is 16.5. The van der Waals surface area contributed by atoms with Crippen molar-refractivity contribution in [3.8, 4) is 5.75 Å². The first kappa shape index (κ1) is 21.6. The van der Waals surface area contributed by atoms with Gasteiger partial charge in [0.1, 0.15) is 11.7 Å². The Kier molecular flexibility index (Phi) is 5.46. The molecular weight excluding hydrogens is 438 g/mol.